The molecule has 0 fully saturated rings. The van der Waals surface area contributed by atoms with Crippen LogP contribution in [0.3, 0.4) is 0 Å². The molecule has 0 radical (unpaired) electrons. The van der Waals surface area contributed by atoms with Gasteiger partial charge in [0.2, 0.25) is 0 Å². The molecule has 88 valence electrons. The molecule has 0 atom stereocenters. The highest BCUT2D eigenvalue weighted by Crippen LogP contribution is 2.08. The second kappa shape index (κ2) is 5.16. The van der Waals surface area contributed by atoms with Gasteiger partial charge in [-0.25, -0.2) is 0 Å². The SMILES string of the molecule is Cn1ccc(NC(=O)COc2ccccc2)n1. The summed E-state index contributed by atoms with van der Waals surface area (Å²) in [6, 6.07) is 10.9. The van der Waals surface area contributed by atoms with Gasteiger partial charge in [-0.3, -0.25) is 9.48 Å². The summed E-state index contributed by atoms with van der Waals surface area (Å²) in [6.07, 6.45) is 1.76. The quantitative estimate of drug-likeness (QED) is 0.866. The van der Waals surface area contributed by atoms with Gasteiger partial charge in [-0.1, -0.05) is 18.2 Å². The van der Waals surface area contributed by atoms with Gasteiger partial charge in [-0.2, -0.15) is 5.10 Å². The van der Waals surface area contributed by atoms with Crippen molar-refractivity contribution in [2.45, 2.75) is 0 Å². The zero-order valence-electron chi connectivity index (χ0n) is 9.46. The minimum Gasteiger partial charge on any atom is -0.484 e. The lowest BCUT2D eigenvalue weighted by Gasteiger charge is -2.05. The van der Waals surface area contributed by atoms with Crippen molar-refractivity contribution in [3.63, 3.8) is 0 Å². The van der Waals surface area contributed by atoms with E-state index in [4.69, 9.17) is 4.74 Å². The molecule has 1 N–H and O–H groups in total. The number of carbonyl (C=O) groups excluding carboxylic acids is 1. The molecule has 0 aliphatic carbocycles. The van der Waals surface area contributed by atoms with E-state index in [2.05, 4.69) is 10.4 Å². The van der Waals surface area contributed by atoms with Crippen molar-refractivity contribution in [3.8, 4) is 5.75 Å². The lowest BCUT2D eigenvalue weighted by molar-refractivity contribution is -0.118. The number of carbonyl (C=O) groups is 1. The molecule has 0 aliphatic heterocycles. The molecule has 5 heteroatoms. The van der Waals surface area contributed by atoms with Crippen LogP contribution in [0, 0.1) is 0 Å². The molecule has 0 saturated carbocycles. The molecule has 0 spiro atoms. The summed E-state index contributed by atoms with van der Waals surface area (Å²) >= 11 is 0. The van der Waals surface area contributed by atoms with Gasteiger partial charge in [0.1, 0.15) is 5.75 Å². The monoisotopic (exact) mass is 231 g/mol. The summed E-state index contributed by atoms with van der Waals surface area (Å²) in [6.45, 7) is -0.0272. The number of aryl methyl sites for hydroxylation is 1. The van der Waals surface area contributed by atoms with Crippen molar-refractivity contribution in [3.05, 3.63) is 42.6 Å². The van der Waals surface area contributed by atoms with Gasteiger partial charge < -0.3 is 10.1 Å². The van der Waals surface area contributed by atoms with Crippen molar-refractivity contribution in [1.29, 1.82) is 0 Å². The van der Waals surface area contributed by atoms with Crippen LogP contribution in [0.25, 0.3) is 0 Å². The molecule has 0 saturated heterocycles. The summed E-state index contributed by atoms with van der Waals surface area (Å²) in [5.74, 6) is 0.963. The largest absolute Gasteiger partial charge is 0.484 e. The summed E-state index contributed by atoms with van der Waals surface area (Å²) in [5.41, 5.74) is 0. The molecule has 5 nitrogen and oxygen atoms in total. The van der Waals surface area contributed by atoms with Crippen molar-refractivity contribution in [2.75, 3.05) is 11.9 Å². The maximum absolute atomic E-state index is 11.5. The van der Waals surface area contributed by atoms with Crippen molar-refractivity contribution in [1.82, 2.24) is 9.78 Å². The number of hydrogen-bond acceptors (Lipinski definition) is 3. The van der Waals surface area contributed by atoms with Crippen LogP contribution in [0.1, 0.15) is 0 Å². The van der Waals surface area contributed by atoms with Crippen LogP contribution in [-0.2, 0) is 11.8 Å². The average Bonchev–Trinajstić information content (AvgIpc) is 2.73. The van der Waals surface area contributed by atoms with E-state index in [0.717, 1.165) is 0 Å². The molecule has 1 amide bonds. The van der Waals surface area contributed by atoms with E-state index < -0.39 is 0 Å². The van der Waals surface area contributed by atoms with E-state index in [1.54, 1.807) is 36.1 Å². The summed E-state index contributed by atoms with van der Waals surface area (Å²) in [5, 5.41) is 6.67. The van der Waals surface area contributed by atoms with Gasteiger partial charge in [0.25, 0.3) is 5.91 Å². The molecule has 0 unspecified atom stereocenters. The fraction of sp³-hybridized carbons (Fsp3) is 0.167. The predicted molar refractivity (Wildman–Crippen MR) is 63.8 cm³/mol. The van der Waals surface area contributed by atoms with Crippen molar-refractivity contribution >= 4 is 11.7 Å². The number of para-hydroxylation sites is 1. The topological polar surface area (TPSA) is 56.2 Å². The molecular formula is C12H13N3O2. The third-order valence-corrected chi connectivity index (χ3v) is 2.09. The number of benzene rings is 1. The fourth-order valence-corrected chi connectivity index (χ4v) is 1.33. The lowest BCUT2D eigenvalue weighted by atomic mass is 10.3. The first-order chi connectivity index (χ1) is 8.24. The van der Waals surface area contributed by atoms with E-state index in [9.17, 15) is 4.79 Å². The molecule has 1 aromatic heterocycles. The smallest absolute Gasteiger partial charge is 0.263 e. The zero-order valence-corrected chi connectivity index (χ0v) is 9.46. The first-order valence-corrected chi connectivity index (χ1v) is 5.21. The van der Waals surface area contributed by atoms with Gasteiger partial charge in [-0.05, 0) is 12.1 Å². The van der Waals surface area contributed by atoms with Crippen LogP contribution < -0.4 is 10.1 Å². The van der Waals surface area contributed by atoms with Gasteiger partial charge in [0, 0.05) is 19.3 Å². The molecule has 2 rings (SSSR count). The Balaban J connectivity index is 1.82. The highest BCUT2D eigenvalue weighted by Gasteiger charge is 2.04. The number of aromatic nitrogens is 2. The van der Waals surface area contributed by atoms with E-state index in [0.29, 0.717) is 11.6 Å². The molecular weight excluding hydrogens is 218 g/mol. The second-order valence-corrected chi connectivity index (χ2v) is 3.52. The van der Waals surface area contributed by atoms with Crippen LogP contribution in [0.15, 0.2) is 42.6 Å². The number of rotatable bonds is 4. The number of hydrogen-bond donors (Lipinski definition) is 1. The molecule has 1 aromatic carbocycles. The third-order valence-electron chi connectivity index (χ3n) is 2.09. The van der Waals surface area contributed by atoms with Crippen LogP contribution >= 0.6 is 0 Å². The minimum atomic E-state index is -0.229. The fourth-order valence-electron chi connectivity index (χ4n) is 1.33. The van der Waals surface area contributed by atoms with Crippen LogP contribution in [-0.4, -0.2) is 22.3 Å². The van der Waals surface area contributed by atoms with Crippen LogP contribution in [0.5, 0.6) is 5.75 Å². The Morgan fingerprint density at radius 2 is 2.12 bits per heavy atom. The summed E-state index contributed by atoms with van der Waals surface area (Å²) in [7, 11) is 1.79. The molecule has 17 heavy (non-hydrogen) atoms. The van der Waals surface area contributed by atoms with E-state index >= 15 is 0 Å². The van der Waals surface area contributed by atoms with Gasteiger partial charge in [0.15, 0.2) is 12.4 Å². The summed E-state index contributed by atoms with van der Waals surface area (Å²) in [4.78, 5) is 11.5. The Labute approximate surface area is 99.0 Å². The van der Waals surface area contributed by atoms with E-state index in [1.807, 2.05) is 18.2 Å². The Bertz CT molecular complexity index is 493. The molecule has 1 heterocycles. The Morgan fingerprint density at radius 1 is 1.35 bits per heavy atom. The van der Waals surface area contributed by atoms with Crippen molar-refractivity contribution in [2.24, 2.45) is 7.05 Å². The highest BCUT2D eigenvalue weighted by molar-refractivity contribution is 5.90. The Morgan fingerprint density at radius 3 is 2.76 bits per heavy atom. The number of nitrogens with one attached hydrogen (secondary N) is 1. The van der Waals surface area contributed by atoms with Crippen LogP contribution in [0.4, 0.5) is 5.82 Å². The average molecular weight is 231 g/mol. The maximum Gasteiger partial charge on any atom is 0.263 e. The predicted octanol–water partition coefficient (Wildman–Crippen LogP) is 1.44. The number of amides is 1. The first kappa shape index (κ1) is 11.2. The van der Waals surface area contributed by atoms with E-state index in [1.165, 1.54) is 0 Å². The normalized spacial score (nSPS) is 9.94. The minimum absolute atomic E-state index is 0.0272. The molecule has 0 bridgehead atoms. The Hall–Kier alpha value is -2.30. The van der Waals surface area contributed by atoms with Gasteiger partial charge in [-0.15, -0.1) is 0 Å². The second-order valence-electron chi connectivity index (χ2n) is 3.52. The highest BCUT2D eigenvalue weighted by atomic mass is 16.5. The maximum atomic E-state index is 11.5. The number of nitrogens with zero attached hydrogens (tertiary/aromatic N) is 2. The number of ether oxygens (including phenoxy) is 1. The van der Waals surface area contributed by atoms with Crippen molar-refractivity contribution < 1.29 is 9.53 Å². The third kappa shape index (κ3) is 3.34. The van der Waals surface area contributed by atoms with Gasteiger partial charge >= 0.3 is 0 Å². The first-order valence-electron chi connectivity index (χ1n) is 5.21. The summed E-state index contributed by atoms with van der Waals surface area (Å²) < 4.78 is 6.92. The molecule has 2 aromatic rings. The van der Waals surface area contributed by atoms with Crippen LogP contribution in [0.2, 0.25) is 0 Å². The van der Waals surface area contributed by atoms with E-state index in [-0.39, 0.29) is 12.5 Å². The zero-order chi connectivity index (χ0) is 12.1. The van der Waals surface area contributed by atoms with Gasteiger partial charge in [0.05, 0.1) is 0 Å². The lowest BCUT2D eigenvalue weighted by Crippen LogP contribution is -2.20. The number of anilines is 1. The standard InChI is InChI=1S/C12H13N3O2/c1-15-8-7-11(14-15)13-12(16)9-17-10-5-3-2-4-6-10/h2-8H,9H2,1H3,(H,13,14,16). The molecule has 0 aliphatic rings. The Kier molecular flexibility index (Phi) is 3.40.